The molecule has 0 atom stereocenters. The summed E-state index contributed by atoms with van der Waals surface area (Å²) in [6.45, 7) is 0.496. The van der Waals surface area contributed by atoms with Crippen LogP contribution < -0.4 is 4.72 Å². The summed E-state index contributed by atoms with van der Waals surface area (Å²) < 4.78 is 27.4. The van der Waals surface area contributed by atoms with Gasteiger partial charge in [-0.25, -0.2) is 13.1 Å². The Morgan fingerprint density at radius 1 is 1.05 bits per heavy atom. The van der Waals surface area contributed by atoms with E-state index in [1.54, 1.807) is 12.1 Å². The molecule has 22 heavy (non-hydrogen) atoms. The second-order valence-electron chi connectivity index (χ2n) is 5.68. The van der Waals surface area contributed by atoms with Crippen LogP contribution in [0.2, 0.25) is 0 Å². The molecule has 0 heterocycles. The van der Waals surface area contributed by atoms with Crippen LogP contribution >= 0.6 is 11.8 Å². The molecule has 2 aromatic carbocycles. The molecule has 1 aliphatic rings. The van der Waals surface area contributed by atoms with E-state index in [1.807, 2.05) is 42.1 Å². The summed E-state index contributed by atoms with van der Waals surface area (Å²) in [5, 5.41) is 2.73. The minimum absolute atomic E-state index is 0.345. The molecule has 3 nitrogen and oxygen atoms in total. The zero-order chi connectivity index (χ0) is 15.4. The molecule has 0 aliphatic heterocycles. The van der Waals surface area contributed by atoms with Crippen molar-refractivity contribution in [2.45, 2.75) is 35.8 Å². The van der Waals surface area contributed by atoms with Gasteiger partial charge in [0, 0.05) is 17.5 Å². The molecule has 2 aromatic rings. The van der Waals surface area contributed by atoms with Crippen molar-refractivity contribution < 1.29 is 8.42 Å². The Morgan fingerprint density at radius 2 is 1.77 bits per heavy atom. The summed E-state index contributed by atoms with van der Waals surface area (Å²) >= 11 is 1.90. The van der Waals surface area contributed by atoms with Crippen molar-refractivity contribution in [3.63, 3.8) is 0 Å². The Labute approximate surface area is 136 Å². The minimum atomic E-state index is -3.41. The van der Waals surface area contributed by atoms with Gasteiger partial charge >= 0.3 is 0 Å². The maximum Gasteiger partial charge on any atom is 0.240 e. The van der Waals surface area contributed by atoms with Crippen molar-refractivity contribution >= 4 is 32.6 Å². The van der Waals surface area contributed by atoms with Crippen LogP contribution in [0.4, 0.5) is 0 Å². The van der Waals surface area contributed by atoms with Crippen LogP contribution in [0.15, 0.2) is 47.4 Å². The molecule has 1 aliphatic carbocycles. The summed E-state index contributed by atoms with van der Waals surface area (Å²) in [5.41, 5.74) is 0. The van der Waals surface area contributed by atoms with Gasteiger partial charge in [-0.2, -0.15) is 11.8 Å². The highest BCUT2D eigenvalue weighted by Crippen LogP contribution is 2.29. The number of sulfonamides is 1. The third-order valence-electron chi connectivity index (χ3n) is 4.08. The molecule has 1 saturated carbocycles. The first-order valence-electron chi connectivity index (χ1n) is 7.75. The zero-order valence-electron chi connectivity index (χ0n) is 12.5. The van der Waals surface area contributed by atoms with Crippen molar-refractivity contribution in [1.82, 2.24) is 4.72 Å². The van der Waals surface area contributed by atoms with Gasteiger partial charge in [0.25, 0.3) is 0 Å². The first kappa shape index (κ1) is 15.8. The number of nitrogens with one attached hydrogen (secondary N) is 1. The van der Waals surface area contributed by atoms with Crippen molar-refractivity contribution in [2.75, 3.05) is 12.3 Å². The Morgan fingerprint density at radius 3 is 2.55 bits per heavy atom. The third kappa shape index (κ3) is 3.83. The highest BCUT2D eigenvalue weighted by molar-refractivity contribution is 8.00. The predicted octanol–water partition coefficient (Wildman–Crippen LogP) is 3.79. The van der Waals surface area contributed by atoms with E-state index in [2.05, 4.69) is 4.72 Å². The zero-order valence-corrected chi connectivity index (χ0v) is 14.1. The monoisotopic (exact) mass is 335 g/mol. The van der Waals surface area contributed by atoms with E-state index in [-0.39, 0.29) is 0 Å². The molecule has 0 bridgehead atoms. The number of benzene rings is 2. The smallest absolute Gasteiger partial charge is 0.210 e. The van der Waals surface area contributed by atoms with E-state index < -0.39 is 10.0 Å². The van der Waals surface area contributed by atoms with Gasteiger partial charge in [0.1, 0.15) is 0 Å². The van der Waals surface area contributed by atoms with Gasteiger partial charge in [0.05, 0.1) is 4.90 Å². The SMILES string of the molecule is O=S(=O)(NCCSC1CCCC1)c1ccc2ccccc2c1. The van der Waals surface area contributed by atoms with Gasteiger partial charge in [0.2, 0.25) is 10.0 Å². The molecule has 0 aromatic heterocycles. The topological polar surface area (TPSA) is 46.2 Å². The van der Waals surface area contributed by atoms with Crippen molar-refractivity contribution in [3.05, 3.63) is 42.5 Å². The first-order valence-corrected chi connectivity index (χ1v) is 10.3. The summed E-state index contributed by atoms with van der Waals surface area (Å²) in [7, 11) is -3.41. The van der Waals surface area contributed by atoms with E-state index in [4.69, 9.17) is 0 Å². The summed E-state index contributed by atoms with van der Waals surface area (Å²) in [5.74, 6) is 0.845. The molecular weight excluding hydrogens is 314 g/mol. The summed E-state index contributed by atoms with van der Waals surface area (Å²) in [4.78, 5) is 0.345. The molecule has 1 fully saturated rings. The lowest BCUT2D eigenvalue weighted by atomic mass is 10.1. The molecular formula is C17H21NO2S2. The maximum absolute atomic E-state index is 12.4. The highest BCUT2D eigenvalue weighted by Gasteiger charge is 2.17. The summed E-state index contributed by atoms with van der Waals surface area (Å²) in [6, 6.07) is 13.1. The average molecular weight is 335 g/mol. The van der Waals surface area contributed by atoms with Gasteiger partial charge in [0.15, 0.2) is 0 Å². The van der Waals surface area contributed by atoms with Crippen LogP contribution in [0.3, 0.4) is 0 Å². The standard InChI is InChI=1S/C17H21NO2S2/c19-22(20,18-11-12-21-16-7-3-4-8-16)17-10-9-14-5-1-2-6-15(14)13-17/h1-2,5-6,9-10,13,16,18H,3-4,7-8,11-12H2. The fourth-order valence-electron chi connectivity index (χ4n) is 2.87. The Balaban J connectivity index is 1.60. The molecule has 0 spiro atoms. The molecule has 3 rings (SSSR count). The molecule has 5 heteroatoms. The molecule has 1 N–H and O–H groups in total. The largest absolute Gasteiger partial charge is 0.240 e. The predicted molar refractivity (Wildman–Crippen MR) is 93.9 cm³/mol. The quantitative estimate of drug-likeness (QED) is 0.817. The molecule has 0 amide bonds. The van der Waals surface area contributed by atoms with Gasteiger partial charge in [-0.1, -0.05) is 43.2 Å². The van der Waals surface area contributed by atoms with Gasteiger partial charge in [-0.05, 0) is 35.7 Å². The van der Waals surface area contributed by atoms with Crippen LogP contribution in [-0.2, 0) is 10.0 Å². The van der Waals surface area contributed by atoms with E-state index in [0.29, 0.717) is 11.4 Å². The highest BCUT2D eigenvalue weighted by atomic mass is 32.2. The second-order valence-corrected chi connectivity index (χ2v) is 8.86. The van der Waals surface area contributed by atoms with Crippen LogP contribution in [0.1, 0.15) is 25.7 Å². The summed E-state index contributed by atoms with van der Waals surface area (Å²) in [6.07, 6.45) is 5.20. The number of hydrogen-bond acceptors (Lipinski definition) is 3. The van der Waals surface area contributed by atoms with E-state index >= 15 is 0 Å². The number of hydrogen-bond donors (Lipinski definition) is 1. The van der Waals surface area contributed by atoms with Crippen LogP contribution in [0, 0.1) is 0 Å². The normalized spacial score (nSPS) is 16.4. The van der Waals surface area contributed by atoms with Gasteiger partial charge in [-0.3, -0.25) is 0 Å². The Hall–Kier alpha value is -1.04. The minimum Gasteiger partial charge on any atom is -0.210 e. The maximum atomic E-state index is 12.4. The van der Waals surface area contributed by atoms with E-state index in [9.17, 15) is 8.42 Å². The van der Waals surface area contributed by atoms with Crippen LogP contribution in [-0.4, -0.2) is 26.0 Å². The lowest BCUT2D eigenvalue weighted by Gasteiger charge is -2.10. The van der Waals surface area contributed by atoms with Crippen LogP contribution in [0.5, 0.6) is 0 Å². The Kier molecular flexibility index (Phi) is 5.06. The number of fused-ring (bicyclic) bond motifs is 1. The van der Waals surface area contributed by atoms with Crippen LogP contribution in [0.25, 0.3) is 10.8 Å². The fraction of sp³-hybridized carbons (Fsp3) is 0.412. The van der Waals surface area contributed by atoms with Crippen molar-refractivity contribution in [3.8, 4) is 0 Å². The molecule has 0 radical (unpaired) electrons. The first-order chi connectivity index (χ1) is 10.6. The number of rotatable bonds is 6. The molecule has 0 unspecified atom stereocenters. The van der Waals surface area contributed by atoms with Crippen molar-refractivity contribution in [1.29, 1.82) is 0 Å². The molecule has 0 saturated heterocycles. The second kappa shape index (κ2) is 7.02. The van der Waals surface area contributed by atoms with Crippen molar-refractivity contribution in [2.24, 2.45) is 0 Å². The number of thioether (sulfide) groups is 1. The van der Waals surface area contributed by atoms with Gasteiger partial charge in [-0.15, -0.1) is 0 Å². The fourth-order valence-corrected chi connectivity index (χ4v) is 5.29. The van der Waals surface area contributed by atoms with E-state index in [0.717, 1.165) is 21.8 Å². The molecule has 118 valence electrons. The lowest BCUT2D eigenvalue weighted by molar-refractivity contribution is 0.584. The average Bonchev–Trinajstić information content (AvgIpc) is 3.04. The lowest BCUT2D eigenvalue weighted by Crippen LogP contribution is -2.26. The van der Waals surface area contributed by atoms with E-state index in [1.165, 1.54) is 25.7 Å². The third-order valence-corrected chi connectivity index (χ3v) is 6.92. The van der Waals surface area contributed by atoms with Gasteiger partial charge < -0.3 is 0 Å². The Bertz CT molecular complexity index is 737.